The van der Waals surface area contributed by atoms with Crippen LogP contribution in [0, 0.1) is 0 Å². The van der Waals surface area contributed by atoms with E-state index in [1.165, 1.54) is 6.26 Å². The molecule has 1 aliphatic rings. The van der Waals surface area contributed by atoms with Gasteiger partial charge in [0.2, 0.25) is 0 Å². The van der Waals surface area contributed by atoms with E-state index in [2.05, 4.69) is 16.1 Å². The maximum absolute atomic E-state index is 10.8. The number of aliphatic hydroxyl groups is 1. The van der Waals surface area contributed by atoms with Crippen molar-refractivity contribution in [2.45, 2.75) is 6.29 Å². The number of esters is 1. The second-order valence-corrected chi connectivity index (χ2v) is 2.00. The molecule has 4 nitrogen and oxygen atoms in total. The number of carbonyl (C=O) groups is 1. The fourth-order valence-corrected chi connectivity index (χ4v) is 0.463. The smallest absolute Gasteiger partial charge is 0.339 e. The molecule has 0 spiro atoms. The summed E-state index contributed by atoms with van der Waals surface area (Å²) >= 11 is 0. The number of aliphatic hydroxyl groups excluding tert-OH is 1. The zero-order valence-corrected chi connectivity index (χ0v) is 5.82. The number of hydrogen-bond donors (Lipinski definition) is 1. The molecule has 1 aliphatic heterocycles. The van der Waals surface area contributed by atoms with E-state index in [1.807, 2.05) is 0 Å². The molecule has 0 saturated heterocycles. The Morgan fingerprint density at radius 3 is 2.82 bits per heavy atom. The maximum atomic E-state index is 10.8. The second kappa shape index (κ2) is 3.21. The van der Waals surface area contributed by atoms with Crippen LogP contribution in [0.3, 0.4) is 0 Å². The van der Waals surface area contributed by atoms with E-state index >= 15 is 0 Å². The van der Waals surface area contributed by atoms with Crippen molar-refractivity contribution in [3.63, 3.8) is 0 Å². The minimum absolute atomic E-state index is 0.0221. The van der Waals surface area contributed by atoms with Gasteiger partial charge in [0, 0.05) is 6.08 Å². The molecule has 4 heteroatoms. The van der Waals surface area contributed by atoms with Gasteiger partial charge in [-0.05, 0) is 0 Å². The molecule has 1 heterocycles. The minimum atomic E-state index is -0.637. The van der Waals surface area contributed by atoms with E-state index in [9.17, 15) is 4.79 Å². The predicted octanol–water partition coefficient (Wildman–Crippen LogP) is -0.0519. The fraction of sp³-hybridized carbons (Fsp3) is 0.286. The summed E-state index contributed by atoms with van der Waals surface area (Å²) in [6, 6.07) is 0. The van der Waals surface area contributed by atoms with Gasteiger partial charge in [-0.1, -0.05) is 6.58 Å². The van der Waals surface area contributed by atoms with Crippen LogP contribution < -0.4 is 0 Å². The molecule has 11 heavy (non-hydrogen) atoms. The topological polar surface area (TPSA) is 55.8 Å². The largest absolute Gasteiger partial charge is 0.459 e. The standard InChI is InChI=1S/C7H8O4/c1-5(4-8)7(9)11-6-2-3-10-6/h2-3,6,8H,1,4H2. The Hall–Kier alpha value is -1.29. The summed E-state index contributed by atoms with van der Waals surface area (Å²) in [5.41, 5.74) is 0.0221. The summed E-state index contributed by atoms with van der Waals surface area (Å²) in [6.45, 7) is 2.89. The van der Waals surface area contributed by atoms with Crippen LogP contribution in [0.4, 0.5) is 0 Å². The zero-order chi connectivity index (χ0) is 8.27. The van der Waals surface area contributed by atoms with Crippen LogP contribution >= 0.6 is 0 Å². The monoisotopic (exact) mass is 156 g/mol. The average Bonchev–Trinajstić information content (AvgIpc) is 1.94. The molecule has 1 unspecified atom stereocenters. The van der Waals surface area contributed by atoms with Gasteiger partial charge in [0.25, 0.3) is 6.29 Å². The molecule has 1 rings (SSSR count). The molecular weight excluding hydrogens is 148 g/mol. The Morgan fingerprint density at radius 2 is 2.45 bits per heavy atom. The van der Waals surface area contributed by atoms with Crippen LogP contribution in [-0.4, -0.2) is 24.0 Å². The lowest BCUT2D eigenvalue weighted by molar-refractivity contribution is -0.162. The fourth-order valence-electron chi connectivity index (χ4n) is 0.463. The summed E-state index contributed by atoms with van der Waals surface area (Å²) < 4.78 is 9.28. The molecule has 60 valence electrons. The molecule has 0 bridgehead atoms. The SMILES string of the molecule is C=C(CO)C(=O)OC1C=CO1. The van der Waals surface area contributed by atoms with Gasteiger partial charge in [0.05, 0.1) is 18.4 Å². The first-order chi connectivity index (χ1) is 5.24. The van der Waals surface area contributed by atoms with Gasteiger partial charge in [-0.25, -0.2) is 4.79 Å². The predicted molar refractivity (Wildman–Crippen MR) is 36.3 cm³/mol. The second-order valence-electron chi connectivity index (χ2n) is 2.00. The van der Waals surface area contributed by atoms with E-state index in [0.29, 0.717) is 0 Å². The van der Waals surface area contributed by atoms with Crippen molar-refractivity contribution in [2.75, 3.05) is 6.61 Å². The van der Waals surface area contributed by atoms with Crippen LogP contribution in [0.25, 0.3) is 0 Å². The van der Waals surface area contributed by atoms with Crippen molar-refractivity contribution < 1.29 is 19.4 Å². The van der Waals surface area contributed by atoms with E-state index < -0.39 is 18.9 Å². The first-order valence-electron chi connectivity index (χ1n) is 3.06. The molecule has 0 aromatic carbocycles. The van der Waals surface area contributed by atoms with Crippen LogP contribution in [0.1, 0.15) is 0 Å². The number of rotatable bonds is 3. The highest BCUT2D eigenvalue weighted by Gasteiger charge is 2.17. The minimum Gasteiger partial charge on any atom is -0.459 e. The van der Waals surface area contributed by atoms with Gasteiger partial charge in [-0.15, -0.1) is 0 Å². The van der Waals surface area contributed by atoms with E-state index in [-0.39, 0.29) is 5.57 Å². The molecule has 0 aromatic rings. The summed E-state index contributed by atoms with van der Waals surface area (Å²) in [4.78, 5) is 10.8. The number of hydrogen-bond acceptors (Lipinski definition) is 4. The lowest BCUT2D eigenvalue weighted by atomic mass is 10.3. The molecule has 0 radical (unpaired) electrons. The number of carbonyl (C=O) groups excluding carboxylic acids is 1. The van der Waals surface area contributed by atoms with Gasteiger partial charge in [-0.3, -0.25) is 0 Å². The summed E-state index contributed by atoms with van der Waals surface area (Å²) in [6.07, 6.45) is 2.38. The highest BCUT2D eigenvalue weighted by molar-refractivity contribution is 5.88. The lowest BCUT2D eigenvalue weighted by Crippen LogP contribution is -2.23. The number of ether oxygens (including phenoxy) is 2. The normalized spacial score (nSPS) is 19.9. The van der Waals surface area contributed by atoms with Gasteiger partial charge in [-0.2, -0.15) is 0 Å². The van der Waals surface area contributed by atoms with Crippen LogP contribution in [-0.2, 0) is 14.3 Å². The highest BCUT2D eigenvalue weighted by Crippen LogP contribution is 2.09. The van der Waals surface area contributed by atoms with Gasteiger partial charge in [0.15, 0.2) is 0 Å². The van der Waals surface area contributed by atoms with E-state index in [4.69, 9.17) is 5.11 Å². The van der Waals surface area contributed by atoms with E-state index in [0.717, 1.165) is 0 Å². The van der Waals surface area contributed by atoms with Gasteiger partial charge >= 0.3 is 5.97 Å². The van der Waals surface area contributed by atoms with Crippen LogP contribution in [0.2, 0.25) is 0 Å². The van der Waals surface area contributed by atoms with Crippen molar-refractivity contribution in [2.24, 2.45) is 0 Å². The van der Waals surface area contributed by atoms with Crippen LogP contribution in [0.15, 0.2) is 24.5 Å². The Kier molecular flexibility index (Phi) is 2.28. The lowest BCUT2D eigenvalue weighted by Gasteiger charge is -2.19. The van der Waals surface area contributed by atoms with E-state index in [1.54, 1.807) is 6.08 Å². The summed E-state index contributed by atoms with van der Waals surface area (Å²) in [7, 11) is 0. The van der Waals surface area contributed by atoms with Crippen molar-refractivity contribution in [3.05, 3.63) is 24.5 Å². The molecule has 0 amide bonds. The highest BCUT2D eigenvalue weighted by atomic mass is 16.7. The molecule has 0 aliphatic carbocycles. The zero-order valence-electron chi connectivity index (χ0n) is 5.82. The summed E-state index contributed by atoms with van der Waals surface area (Å²) in [5.74, 6) is -0.637. The van der Waals surface area contributed by atoms with Crippen LogP contribution in [0.5, 0.6) is 0 Å². The van der Waals surface area contributed by atoms with Crippen molar-refractivity contribution in [3.8, 4) is 0 Å². The molecule has 1 N–H and O–H groups in total. The third kappa shape index (κ3) is 1.81. The Bertz CT molecular complexity index is 206. The molecule has 1 atom stereocenters. The molecule has 0 aromatic heterocycles. The Labute approximate surface area is 63.7 Å². The Morgan fingerprint density at radius 1 is 1.82 bits per heavy atom. The first-order valence-corrected chi connectivity index (χ1v) is 3.06. The summed E-state index contributed by atoms with van der Waals surface area (Å²) in [5, 5.41) is 8.45. The molecular formula is C7H8O4. The van der Waals surface area contributed by atoms with Gasteiger partial charge < -0.3 is 14.6 Å². The van der Waals surface area contributed by atoms with Crippen molar-refractivity contribution in [1.82, 2.24) is 0 Å². The molecule has 0 fully saturated rings. The first kappa shape index (κ1) is 7.81. The van der Waals surface area contributed by atoms with Crippen molar-refractivity contribution >= 4 is 5.97 Å². The Balaban J connectivity index is 2.31. The average molecular weight is 156 g/mol. The van der Waals surface area contributed by atoms with Gasteiger partial charge in [0.1, 0.15) is 0 Å². The quantitative estimate of drug-likeness (QED) is 0.459. The third-order valence-corrected chi connectivity index (χ3v) is 1.15. The third-order valence-electron chi connectivity index (χ3n) is 1.15. The molecule has 0 saturated carbocycles. The maximum Gasteiger partial charge on any atom is 0.339 e. The van der Waals surface area contributed by atoms with Crippen molar-refractivity contribution in [1.29, 1.82) is 0 Å².